The molecule has 0 aromatic heterocycles. The lowest BCUT2D eigenvalue weighted by Gasteiger charge is -2.19. The number of ether oxygens (including phenoxy) is 1. The highest BCUT2D eigenvalue weighted by Gasteiger charge is 2.12. The predicted molar refractivity (Wildman–Crippen MR) is 88.8 cm³/mol. The minimum atomic E-state index is 0.334. The Kier molecular flexibility index (Phi) is 5.40. The topological polar surface area (TPSA) is 21.3 Å². The lowest BCUT2D eigenvalue weighted by Crippen LogP contribution is -2.16. The van der Waals surface area contributed by atoms with E-state index in [1.54, 1.807) is 0 Å². The first kappa shape index (κ1) is 15.6. The summed E-state index contributed by atoms with van der Waals surface area (Å²) in [6, 6.07) is 15.1. The Balaban J connectivity index is 2.14. The second-order valence-electron chi connectivity index (χ2n) is 5.49. The Morgan fingerprint density at radius 1 is 1.05 bits per heavy atom. The van der Waals surface area contributed by atoms with Crippen molar-refractivity contribution in [3.05, 3.63) is 64.7 Å². The summed E-state index contributed by atoms with van der Waals surface area (Å²) in [7, 11) is 1.99. The third-order valence-corrected chi connectivity index (χ3v) is 4.02. The summed E-state index contributed by atoms with van der Waals surface area (Å²) in [5.41, 5.74) is 5.07. The van der Waals surface area contributed by atoms with Crippen molar-refractivity contribution in [1.29, 1.82) is 0 Å². The Morgan fingerprint density at radius 2 is 1.81 bits per heavy atom. The van der Waals surface area contributed by atoms with E-state index in [1.165, 1.54) is 22.3 Å². The molecule has 0 fully saturated rings. The van der Waals surface area contributed by atoms with E-state index in [1.807, 2.05) is 13.1 Å². The van der Waals surface area contributed by atoms with Crippen molar-refractivity contribution in [3.8, 4) is 5.75 Å². The number of aryl methyl sites for hydroxylation is 2. The summed E-state index contributed by atoms with van der Waals surface area (Å²) in [4.78, 5) is 0. The van der Waals surface area contributed by atoms with Crippen LogP contribution in [0.2, 0.25) is 0 Å². The van der Waals surface area contributed by atoms with Gasteiger partial charge in [-0.3, -0.25) is 0 Å². The third kappa shape index (κ3) is 3.85. The minimum Gasteiger partial charge on any atom is -0.489 e. The molecule has 0 heterocycles. The lowest BCUT2D eigenvalue weighted by molar-refractivity contribution is 0.299. The van der Waals surface area contributed by atoms with Crippen LogP contribution < -0.4 is 10.1 Å². The number of nitrogens with one attached hydrogen (secondary N) is 1. The highest BCUT2D eigenvalue weighted by atomic mass is 16.5. The Hall–Kier alpha value is -1.80. The van der Waals surface area contributed by atoms with E-state index < -0.39 is 0 Å². The van der Waals surface area contributed by atoms with Crippen LogP contribution in [0, 0.1) is 13.8 Å². The highest BCUT2D eigenvalue weighted by molar-refractivity contribution is 5.36. The number of hydrogen-bond acceptors (Lipinski definition) is 2. The van der Waals surface area contributed by atoms with Crippen LogP contribution in [0.25, 0.3) is 0 Å². The van der Waals surface area contributed by atoms with Gasteiger partial charge in [-0.15, -0.1) is 0 Å². The van der Waals surface area contributed by atoms with E-state index in [9.17, 15) is 0 Å². The van der Waals surface area contributed by atoms with Crippen LogP contribution in [-0.4, -0.2) is 7.05 Å². The molecule has 1 unspecified atom stereocenters. The van der Waals surface area contributed by atoms with Gasteiger partial charge in [-0.05, 0) is 50.1 Å². The fraction of sp³-hybridized carbons (Fsp3) is 0.368. The zero-order chi connectivity index (χ0) is 15.2. The van der Waals surface area contributed by atoms with Gasteiger partial charge in [-0.1, -0.05) is 43.3 Å². The van der Waals surface area contributed by atoms with Gasteiger partial charge >= 0.3 is 0 Å². The molecule has 2 aromatic carbocycles. The van der Waals surface area contributed by atoms with Crippen molar-refractivity contribution < 1.29 is 4.74 Å². The third-order valence-electron chi connectivity index (χ3n) is 4.02. The fourth-order valence-electron chi connectivity index (χ4n) is 2.53. The van der Waals surface area contributed by atoms with Crippen LogP contribution in [0.5, 0.6) is 5.75 Å². The van der Waals surface area contributed by atoms with Gasteiger partial charge < -0.3 is 10.1 Å². The second kappa shape index (κ2) is 7.28. The zero-order valence-electron chi connectivity index (χ0n) is 13.4. The van der Waals surface area contributed by atoms with E-state index in [2.05, 4.69) is 62.5 Å². The fourth-order valence-corrected chi connectivity index (χ4v) is 2.53. The van der Waals surface area contributed by atoms with Gasteiger partial charge in [-0.25, -0.2) is 0 Å². The number of rotatable bonds is 6. The summed E-state index contributed by atoms with van der Waals surface area (Å²) < 4.78 is 6.06. The van der Waals surface area contributed by atoms with Crippen LogP contribution in [0.1, 0.15) is 41.6 Å². The molecule has 112 valence electrons. The van der Waals surface area contributed by atoms with Gasteiger partial charge in [0.05, 0.1) is 0 Å². The van der Waals surface area contributed by atoms with Crippen molar-refractivity contribution >= 4 is 0 Å². The molecule has 0 saturated heterocycles. The van der Waals surface area contributed by atoms with Gasteiger partial charge in [-0.2, -0.15) is 0 Å². The van der Waals surface area contributed by atoms with E-state index in [0.29, 0.717) is 12.6 Å². The summed E-state index contributed by atoms with van der Waals surface area (Å²) in [6.45, 7) is 7.06. The van der Waals surface area contributed by atoms with Gasteiger partial charge in [0.2, 0.25) is 0 Å². The standard InChI is InChI=1S/C19H25NO/c1-5-18(20-4)17-8-6-7-9-19(17)21-13-16-11-10-14(2)15(3)12-16/h6-12,18,20H,5,13H2,1-4H3. The van der Waals surface area contributed by atoms with Gasteiger partial charge in [0.25, 0.3) is 0 Å². The maximum absolute atomic E-state index is 6.06. The molecule has 0 aliphatic rings. The molecule has 21 heavy (non-hydrogen) atoms. The molecule has 0 spiro atoms. The van der Waals surface area contributed by atoms with Gasteiger partial charge in [0.1, 0.15) is 12.4 Å². The molecule has 1 N–H and O–H groups in total. The second-order valence-corrected chi connectivity index (χ2v) is 5.49. The van der Waals surface area contributed by atoms with Crippen molar-refractivity contribution in [2.45, 2.75) is 39.8 Å². The van der Waals surface area contributed by atoms with Crippen LogP contribution >= 0.6 is 0 Å². The van der Waals surface area contributed by atoms with Gasteiger partial charge in [0.15, 0.2) is 0 Å². The molecule has 2 rings (SSSR count). The largest absolute Gasteiger partial charge is 0.489 e. The first-order valence-corrected chi connectivity index (χ1v) is 7.60. The normalized spacial score (nSPS) is 12.2. The Morgan fingerprint density at radius 3 is 2.48 bits per heavy atom. The van der Waals surface area contributed by atoms with Crippen LogP contribution in [0.15, 0.2) is 42.5 Å². The monoisotopic (exact) mass is 283 g/mol. The van der Waals surface area contributed by atoms with Crippen molar-refractivity contribution in [2.75, 3.05) is 7.05 Å². The van der Waals surface area contributed by atoms with Crippen molar-refractivity contribution in [1.82, 2.24) is 5.32 Å². The zero-order valence-corrected chi connectivity index (χ0v) is 13.4. The number of hydrogen-bond donors (Lipinski definition) is 1. The van der Waals surface area contributed by atoms with E-state index in [4.69, 9.17) is 4.74 Å². The van der Waals surface area contributed by atoms with Crippen LogP contribution in [-0.2, 0) is 6.61 Å². The van der Waals surface area contributed by atoms with E-state index >= 15 is 0 Å². The highest BCUT2D eigenvalue weighted by Crippen LogP contribution is 2.27. The smallest absolute Gasteiger partial charge is 0.124 e. The number of para-hydroxylation sites is 1. The van der Waals surface area contributed by atoms with Crippen LogP contribution in [0.4, 0.5) is 0 Å². The van der Waals surface area contributed by atoms with Crippen molar-refractivity contribution in [2.24, 2.45) is 0 Å². The molecular weight excluding hydrogens is 258 g/mol. The van der Waals surface area contributed by atoms with Crippen molar-refractivity contribution in [3.63, 3.8) is 0 Å². The quantitative estimate of drug-likeness (QED) is 0.839. The molecule has 1 atom stereocenters. The molecule has 2 heteroatoms. The summed E-state index contributed by atoms with van der Waals surface area (Å²) in [5, 5.41) is 3.34. The number of benzene rings is 2. The van der Waals surface area contributed by atoms with E-state index in [0.717, 1.165) is 12.2 Å². The predicted octanol–water partition coefficient (Wildman–Crippen LogP) is 4.55. The Bertz CT molecular complexity index is 588. The molecule has 2 aromatic rings. The van der Waals surface area contributed by atoms with E-state index in [-0.39, 0.29) is 0 Å². The molecule has 0 radical (unpaired) electrons. The lowest BCUT2D eigenvalue weighted by atomic mass is 10.0. The molecule has 0 saturated carbocycles. The molecule has 0 bridgehead atoms. The summed E-state index contributed by atoms with van der Waals surface area (Å²) >= 11 is 0. The summed E-state index contributed by atoms with van der Waals surface area (Å²) in [5.74, 6) is 0.969. The Labute approximate surface area is 128 Å². The minimum absolute atomic E-state index is 0.334. The average Bonchev–Trinajstić information content (AvgIpc) is 2.51. The SMILES string of the molecule is CCC(NC)c1ccccc1OCc1ccc(C)c(C)c1. The first-order chi connectivity index (χ1) is 10.2. The molecule has 2 nitrogen and oxygen atoms in total. The molecule has 0 aliphatic carbocycles. The molecule has 0 aliphatic heterocycles. The molecular formula is C19H25NO. The molecule has 0 amide bonds. The summed E-state index contributed by atoms with van der Waals surface area (Å²) in [6.07, 6.45) is 1.04. The first-order valence-electron chi connectivity index (χ1n) is 7.60. The maximum Gasteiger partial charge on any atom is 0.124 e. The maximum atomic E-state index is 6.06. The van der Waals surface area contributed by atoms with Gasteiger partial charge in [0, 0.05) is 11.6 Å². The average molecular weight is 283 g/mol. The van der Waals surface area contributed by atoms with Crippen LogP contribution in [0.3, 0.4) is 0 Å².